The fourth-order valence-corrected chi connectivity index (χ4v) is 3.13. The van der Waals surface area contributed by atoms with Crippen LogP contribution >= 0.6 is 0 Å². The maximum atomic E-state index is 11.0. The van der Waals surface area contributed by atoms with E-state index in [1.54, 1.807) is 19.2 Å². The fraction of sp³-hybridized carbons (Fsp3) is 0.348. The van der Waals surface area contributed by atoms with Gasteiger partial charge in [0.25, 0.3) is 5.69 Å². The molecule has 0 aliphatic rings. The summed E-state index contributed by atoms with van der Waals surface area (Å²) in [7, 11) is 1.62. The summed E-state index contributed by atoms with van der Waals surface area (Å²) >= 11 is 0. The quantitative estimate of drug-likeness (QED) is 0.356. The molecule has 1 heterocycles. The molecule has 0 aliphatic heterocycles. The molecule has 0 bridgehead atoms. The smallest absolute Gasteiger partial charge is 0.313 e. The Morgan fingerprint density at radius 1 is 1.19 bits per heavy atom. The summed E-state index contributed by atoms with van der Waals surface area (Å²) in [5, 5.41) is 14.5. The number of benzene rings is 2. The third-order valence-electron chi connectivity index (χ3n) is 4.73. The number of ether oxygens (including phenoxy) is 2. The third kappa shape index (κ3) is 5.14. The van der Waals surface area contributed by atoms with E-state index in [-0.39, 0.29) is 23.1 Å². The molecule has 0 aliphatic carbocycles. The number of hydrogen-bond acceptors (Lipinski definition) is 7. The first-order valence-corrected chi connectivity index (χ1v) is 10.0. The van der Waals surface area contributed by atoms with Crippen molar-refractivity contribution in [1.29, 1.82) is 0 Å². The van der Waals surface area contributed by atoms with Crippen LogP contribution in [0.4, 0.5) is 11.4 Å². The number of methoxy groups -OCH3 is 1. The van der Waals surface area contributed by atoms with Crippen LogP contribution in [0.3, 0.4) is 0 Å². The zero-order chi connectivity index (χ0) is 22.6. The largest absolute Gasteiger partial charge is 0.497 e. The minimum Gasteiger partial charge on any atom is -0.497 e. The Kier molecular flexibility index (Phi) is 6.48. The molecule has 0 radical (unpaired) electrons. The molecule has 0 saturated carbocycles. The number of anilines is 1. The molecule has 0 fully saturated rings. The number of nitrogens with one attached hydrogen (secondary N) is 1. The van der Waals surface area contributed by atoms with Crippen LogP contribution in [0.15, 0.2) is 52.9 Å². The molecule has 2 aromatic carbocycles. The lowest BCUT2D eigenvalue weighted by Crippen LogP contribution is -2.26. The van der Waals surface area contributed by atoms with Crippen molar-refractivity contribution < 1.29 is 18.8 Å². The normalized spacial score (nSPS) is 12.3. The van der Waals surface area contributed by atoms with Gasteiger partial charge in [0.1, 0.15) is 11.8 Å². The number of hydrogen-bond donors (Lipinski definition) is 1. The number of aromatic nitrogens is 1. The van der Waals surface area contributed by atoms with E-state index in [1.165, 1.54) is 12.1 Å². The van der Waals surface area contributed by atoms with E-state index in [9.17, 15) is 10.1 Å². The summed E-state index contributed by atoms with van der Waals surface area (Å²) in [5.41, 5.74) is 1.82. The van der Waals surface area contributed by atoms with Crippen molar-refractivity contribution in [2.75, 3.05) is 19.0 Å². The molecule has 0 unspecified atom stereocenters. The summed E-state index contributed by atoms with van der Waals surface area (Å²) in [5.74, 6) is 1.49. The Morgan fingerprint density at radius 2 is 1.90 bits per heavy atom. The molecule has 3 rings (SSSR count). The highest BCUT2D eigenvalue weighted by Gasteiger charge is 2.32. The van der Waals surface area contributed by atoms with E-state index in [0.29, 0.717) is 23.8 Å². The van der Waals surface area contributed by atoms with E-state index in [0.717, 1.165) is 11.4 Å². The fourth-order valence-electron chi connectivity index (χ4n) is 3.13. The Balaban J connectivity index is 2.01. The summed E-state index contributed by atoms with van der Waals surface area (Å²) in [6, 6.07) is 13.5. The predicted octanol–water partition coefficient (Wildman–Crippen LogP) is 5.86. The first-order chi connectivity index (χ1) is 14.7. The number of rotatable bonds is 8. The van der Waals surface area contributed by atoms with Crippen molar-refractivity contribution in [3.63, 3.8) is 0 Å². The monoisotopic (exact) mass is 425 g/mol. The van der Waals surface area contributed by atoms with Crippen LogP contribution in [0.2, 0.25) is 0 Å². The SMILES string of the molecule is CCOc1oc([C@H](Nc2cccc(OC)c2)C(C)(C)C)nc1-c1ccc([N+](=O)[O-])cc1. The molecular formula is C23H27N3O5. The molecule has 1 atom stereocenters. The van der Waals surface area contributed by atoms with Crippen LogP contribution in [0.25, 0.3) is 11.3 Å². The van der Waals surface area contributed by atoms with Crippen molar-refractivity contribution in [3.8, 4) is 23.0 Å². The van der Waals surface area contributed by atoms with Gasteiger partial charge in [-0.15, -0.1) is 0 Å². The van der Waals surface area contributed by atoms with Crippen molar-refractivity contribution in [2.45, 2.75) is 33.7 Å². The molecule has 31 heavy (non-hydrogen) atoms. The van der Waals surface area contributed by atoms with Gasteiger partial charge in [0.15, 0.2) is 5.69 Å². The zero-order valence-corrected chi connectivity index (χ0v) is 18.3. The van der Waals surface area contributed by atoms with Gasteiger partial charge < -0.3 is 19.2 Å². The highest BCUT2D eigenvalue weighted by atomic mass is 16.6. The lowest BCUT2D eigenvalue weighted by atomic mass is 9.86. The van der Waals surface area contributed by atoms with E-state index >= 15 is 0 Å². The molecule has 0 saturated heterocycles. The molecule has 3 aromatic rings. The van der Waals surface area contributed by atoms with Gasteiger partial charge in [-0.05, 0) is 36.6 Å². The minimum absolute atomic E-state index is 0.0117. The Hall–Kier alpha value is -3.55. The zero-order valence-electron chi connectivity index (χ0n) is 18.3. The van der Waals surface area contributed by atoms with Crippen molar-refractivity contribution in [1.82, 2.24) is 4.98 Å². The van der Waals surface area contributed by atoms with Gasteiger partial charge in [0.2, 0.25) is 5.89 Å². The molecule has 0 spiro atoms. The van der Waals surface area contributed by atoms with E-state index in [2.05, 4.69) is 26.1 Å². The summed E-state index contributed by atoms with van der Waals surface area (Å²) in [6.45, 7) is 8.51. The number of oxazole rings is 1. The topological polar surface area (TPSA) is 99.7 Å². The number of nitro groups is 1. The van der Waals surface area contributed by atoms with E-state index in [4.69, 9.17) is 18.9 Å². The molecule has 1 aromatic heterocycles. The second-order valence-corrected chi connectivity index (χ2v) is 8.10. The van der Waals surface area contributed by atoms with Crippen LogP contribution < -0.4 is 14.8 Å². The average Bonchev–Trinajstić information content (AvgIpc) is 3.15. The van der Waals surface area contributed by atoms with Gasteiger partial charge >= 0.3 is 5.95 Å². The number of nitrogens with zero attached hydrogens (tertiary/aromatic N) is 2. The van der Waals surface area contributed by atoms with Gasteiger partial charge in [0.05, 0.1) is 18.6 Å². The van der Waals surface area contributed by atoms with Crippen LogP contribution in [0, 0.1) is 15.5 Å². The van der Waals surface area contributed by atoms with E-state index in [1.807, 2.05) is 31.2 Å². The minimum atomic E-state index is -0.435. The van der Waals surface area contributed by atoms with Crippen molar-refractivity contribution in [3.05, 3.63) is 64.5 Å². The lowest BCUT2D eigenvalue weighted by Gasteiger charge is -2.29. The summed E-state index contributed by atoms with van der Waals surface area (Å²) in [6.07, 6.45) is 0. The third-order valence-corrected chi connectivity index (χ3v) is 4.73. The Morgan fingerprint density at radius 3 is 2.48 bits per heavy atom. The average molecular weight is 425 g/mol. The van der Waals surface area contributed by atoms with Crippen LogP contribution in [0.5, 0.6) is 11.7 Å². The van der Waals surface area contributed by atoms with Crippen molar-refractivity contribution >= 4 is 11.4 Å². The van der Waals surface area contributed by atoms with Gasteiger partial charge in [0, 0.05) is 29.4 Å². The molecule has 1 N–H and O–H groups in total. The van der Waals surface area contributed by atoms with Crippen molar-refractivity contribution in [2.24, 2.45) is 5.41 Å². The number of non-ortho nitro benzene ring substituents is 1. The first kappa shape index (κ1) is 22.1. The second kappa shape index (κ2) is 9.07. The van der Waals surface area contributed by atoms with Gasteiger partial charge in [-0.1, -0.05) is 26.8 Å². The maximum Gasteiger partial charge on any atom is 0.313 e. The molecule has 164 valence electrons. The summed E-state index contributed by atoms with van der Waals surface area (Å²) in [4.78, 5) is 15.3. The van der Waals surface area contributed by atoms with Gasteiger partial charge in [-0.3, -0.25) is 10.1 Å². The summed E-state index contributed by atoms with van der Waals surface area (Å²) < 4.78 is 17.1. The highest BCUT2D eigenvalue weighted by Crippen LogP contribution is 2.40. The maximum absolute atomic E-state index is 11.0. The van der Waals surface area contributed by atoms with E-state index < -0.39 is 4.92 Å². The molecule has 0 amide bonds. The van der Waals surface area contributed by atoms with Crippen LogP contribution in [0.1, 0.15) is 39.6 Å². The number of nitro benzene ring substituents is 1. The Labute approximate surface area is 181 Å². The Bertz CT molecular complexity index is 1040. The van der Waals surface area contributed by atoms with Crippen LogP contribution in [-0.4, -0.2) is 23.6 Å². The molecule has 8 nitrogen and oxygen atoms in total. The second-order valence-electron chi connectivity index (χ2n) is 8.10. The molecule has 8 heteroatoms. The predicted molar refractivity (Wildman–Crippen MR) is 119 cm³/mol. The first-order valence-electron chi connectivity index (χ1n) is 10.0. The van der Waals surface area contributed by atoms with Gasteiger partial charge in [-0.25, -0.2) is 4.98 Å². The van der Waals surface area contributed by atoms with Crippen LogP contribution in [-0.2, 0) is 0 Å². The highest BCUT2D eigenvalue weighted by molar-refractivity contribution is 5.65. The molecular weight excluding hydrogens is 398 g/mol. The standard InChI is InChI=1S/C23H27N3O5/c1-6-30-22-19(15-10-12-17(13-11-15)26(27)28)25-21(31-22)20(23(2,3)4)24-16-8-7-9-18(14-16)29-5/h7-14,20,24H,6H2,1-5H3/t20-/m0/s1. The lowest BCUT2D eigenvalue weighted by molar-refractivity contribution is -0.384. The van der Waals surface area contributed by atoms with Gasteiger partial charge in [-0.2, -0.15) is 0 Å².